The van der Waals surface area contributed by atoms with Crippen LogP contribution in [0.3, 0.4) is 0 Å². The highest BCUT2D eigenvalue weighted by molar-refractivity contribution is 5.96. The van der Waals surface area contributed by atoms with Crippen LogP contribution in [0.2, 0.25) is 0 Å². The van der Waals surface area contributed by atoms with Crippen molar-refractivity contribution in [2.45, 2.75) is 53.9 Å². The number of carbonyl (C=O) groups is 1. The van der Waals surface area contributed by atoms with Crippen molar-refractivity contribution in [2.24, 2.45) is 11.3 Å². The predicted octanol–water partition coefficient (Wildman–Crippen LogP) is 4.20. The maximum Gasteiger partial charge on any atom is 0.355 e. The van der Waals surface area contributed by atoms with E-state index in [9.17, 15) is 4.79 Å². The van der Waals surface area contributed by atoms with E-state index in [0.29, 0.717) is 23.6 Å². The van der Waals surface area contributed by atoms with Crippen LogP contribution in [0.1, 0.15) is 61.4 Å². The number of ether oxygens (including phenoxy) is 1. The molecule has 0 radical (unpaired) electrons. The summed E-state index contributed by atoms with van der Waals surface area (Å²) in [6.45, 7) is 11.1. The quantitative estimate of drug-likeness (QED) is 0.845. The van der Waals surface area contributed by atoms with Crippen molar-refractivity contribution in [3.8, 4) is 0 Å². The number of rotatable bonds is 2. The van der Waals surface area contributed by atoms with Gasteiger partial charge in [0, 0.05) is 11.3 Å². The van der Waals surface area contributed by atoms with Gasteiger partial charge in [-0.25, -0.2) is 4.79 Å². The van der Waals surface area contributed by atoms with Crippen LogP contribution in [0.4, 0.5) is 0 Å². The minimum Gasteiger partial charge on any atom is -0.461 e. The number of aryl methyl sites for hydroxylation is 2. The number of nitrogens with zero attached hydrogens (tertiary/aromatic N) is 1. The molecule has 0 fully saturated rings. The van der Waals surface area contributed by atoms with Gasteiger partial charge >= 0.3 is 5.97 Å². The third-order valence-corrected chi connectivity index (χ3v) is 5.08. The lowest BCUT2D eigenvalue weighted by molar-refractivity contribution is 0.0519. The summed E-state index contributed by atoms with van der Waals surface area (Å²) in [5.41, 5.74) is 6.09. The summed E-state index contributed by atoms with van der Waals surface area (Å²) in [5, 5.41) is 0. The van der Waals surface area contributed by atoms with E-state index in [4.69, 9.17) is 9.72 Å². The Morgan fingerprint density at radius 1 is 1.43 bits per heavy atom. The molecule has 0 amide bonds. The molecule has 23 heavy (non-hydrogen) atoms. The normalized spacial score (nSPS) is 18.0. The Morgan fingerprint density at radius 3 is 2.83 bits per heavy atom. The van der Waals surface area contributed by atoms with Crippen LogP contribution in [0.25, 0.3) is 11.0 Å². The lowest BCUT2D eigenvalue weighted by atomic mass is 9.71. The molecule has 0 saturated carbocycles. The van der Waals surface area contributed by atoms with Crippen molar-refractivity contribution < 1.29 is 9.53 Å². The van der Waals surface area contributed by atoms with Crippen molar-refractivity contribution in [3.63, 3.8) is 0 Å². The number of hydrogen-bond donors (Lipinski definition) is 1. The molecule has 1 N–H and O–H groups in total. The summed E-state index contributed by atoms with van der Waals surface area (Å²) in [5.74, 6) is 0.378. The Kier molecular flexibility index (Phi) is 3.95. The number of aromatic amines is 1. The molecule has 0 aliphatic heterocycles. The maximum absolute atomic E-state index is 12.1. The smallest absolute Gasteiger partial charge is 0.355 e. The SMILES string of the molecule is CCOC(=O)c1[nH]c2cc3c(nc2c1C)CCC(C(C)(C)C)C3. The zero-order valence-electron chi connectivity index (χ0n) is 14.7. The highest BCUT2D eigenvalue weighted by atomic mass is 16.5. The van der Waals surface area contributed by atoms with Gasteiger partial charge in [-0.05, 0) is 56.1 Å². The van der Waals surface area contributed by atoms with Gasteiger partial charge in [-0.1, -0.05) is 20.8 Å². The molecule has 3 rings (SSSR count). The van der Waals surface area contributed by atoms with Gasteiger partial charge in [-0.2, -0.15) is 0 Å². The van der Waals surface area contributed by atoms with Gasteiger partial charge < -0.3 is 9.72 Å². The maximum atomic E-state index is 12.1. The Morgan fingerprint density at radius 2 is 2.17 bits per heavy atom. The number of hydrogen-bond acceptors (Lipinski definition) is 3. The second-order valence-corrected chi connectivity index (χ2v) is 7.64. The molecule has 0 aromatic carbocycles. The number of nitrogens with one attached hydrogen (secondary N) is 1. The van der Waals surface area contributed by atoms with Crippen LogP contribution in [-0.2, 0) is 17.6 Å². The topological polar surface area (TPSA) is 55.0 Å². The summed E-state index contributed by atoms with van der Waals surface area (Å²) in [7, 11) is 0. The number of H-pyrrole nitrogens is 1. The molecule has 1 aliphatic rings. The molecule has 0 spiro atoms. The van der Waals surface area contributed by atoms with E-state index < -0.39 is 0 Å². The summed E-state index contributed by atoms with van der Waals surface area (Å²) in [4.78, 5) is 20.1. The van der Waals surface area contributed by atoms with E-state index in [1.54, 1.807) is 0 Å². The van der Waals surface area contributed by atoms with Gasteiger partial charge in [0.25, 0.3) is 0 Å². The molecule has 2 aromatic heterocycles. The molecular formula is C19H26N2O2. The van der Waals surface area contributed by atoms with Crippen LogP contribution in [-0.4, -0.2) is 22.5 Å². The Balaban J connectivity index is 2.02. The van der Waals surface area contributed by atoms with E-state index in [0.717, 1.165) is 29.4 Å². The molecule has 124 valence electrons. The predicted molar refractivity (Wildman–Crippen MR) is 91.8 cm³/mol. The largest absolute Gasteiger partial charge is 0.461 e. The molecule has 4 nitrogen and oxygen atoms in total. The monoisotopic (exact) mass is 314 g/mol. The molecule has 2 aromatic rings. The van der Waals surface area contributed by atoms with Gasteiger partial charge in [-0.3, -0.25) is 4.98 Å². The summed E-state index contributed by atoms with van der Waals surface area (Å²) >= 11 is 0. The van der Waals surface area contributed by atoms with E-state index >= 15 is 0 Å². The van der Waals surface area contributed by atoms with Crippen LogP contribution >= 0.6 is 0 Å². The minimum atomic E-state index is -0.298. The van der Waals surface area contributed by atoms with E-state index in [1.807, 2.05) is 13.8 Å². The zero-order valence-corrected chi connectivity index (χ0v) is 14.7. The molecular weight excluding hydrogens is 288 g/mol. The minimum absolute atomic E-state index is 0.298. The fraction of sp³-hybridized carbons (Fsp3) is 0.579. The Labute approximate surface area is 137 Å². The second-order valence-electron chi connectivity index (χ2n) is 7.64. The first kappa shape index (κ1) is 16.0. The molecule has 4 heteroatoms. The van der Waals surface area contributed by atoms with Crippen molar-refractivity contribution in [1.29, 1.82) is 0 Å². The van der Waals surface area contributed by atoms with Crippen LogP contribution in [0, 0.1) is 18.3 Å². The first-order valence-corrected chi connectivity index (χ1v) is 8.49. The Hall–Kier alpha value is -1.84. The summed E-state index contributed by atoms with van der Waals surface area (Å²) < 4.78 is 5.13. The summed E-state index contributed by atoms with van der Waals surface area (Å²) in [6, 6.07) is 2.19. The highest BCUT2D eigenvalue weighted by Crippen LogP contribution is 2.38. The summed E-state index contributed by atoms with van der Waals surface area (Å²) in [6.07, 6.45) is 3.27. The van der Waals surface area contributed by atoms with Crippen LogP contribution in [0.15, 0.2) is 6.07 Å². The molecule has 0 saturated heterocycles. The average molecular weight is 314 g/mol. The number of carbonyl (C=O) groups excluding carboxylic acids is 1. The third kappa shape index (κ3) is 2.87. The number of fused-ring (bicyclic) bond motifs is 2. The molecule has 0 bridgehead atoms. The molecule has 1 unspecified atom stereocenters. The van der Waals surface area contributed by atoms with Crippen LogP contribution < -0.4 is 0 Å². The van der Waals surface area contributed by atoms with E-state index in [-0.39, 0.29) is 5.97 Å². The Bertz CT molecular complexity index is 753. The highest BCUT2D eigenvalue weighted by Gasteiger charge is 2.30. The van der Waals surface area contributed by atoms with Gasteiger partial charge in [0.15, 0.2) is 0 Å². The standard InChI is InChI=1S/C19H26N2O2/c1-6-23-18(22)17-11(2)16-15(21-17)10-12-9-13(19(3,4)5)7-8-14(12)20-16/h10,13,21H,6-9H2,1-5H3. The lowest BCUT2D eigenvalue weighted by Crippen LogP contribution is -2.27. The number of pyridine rings is 1. The van der Waals surface area contributed by atoms with Gasteiger partial charge in [-0.15, -0.1) is 0 Å². The van der Waals surface area contributed by atoms with Gasteiger partial charge in [0.05, 0.1) is 17.6 Å². The van der Waals surface area contributed by atoms with Crippen molar-refractivity contribution in [1.82, 2.24) is 9.97 Å². The van der Waals surface area contributed by atoms with Crippen molar-refractivity contribution >= 4 is 17.0 Å². The molecule has 1 aliphatic carbocycles. The lowest BCUT2D eigenvalue weighted by Gasteiger charge is -2.34. The fourth-order valence-corrected chi connectivity index (χ4v) is 3.54. The number of esters is 1. The second kappa shape index (κ2) is 5.66. The number of aromatic nitrogens is 2. The van der Waals surface area contributed by atoms with Gasteiger partial charge in [0.2, 0.25) is 0 Å². The average Bonchev–Trinajstić information content (AvgIpc) is 2.80. The molecule has 2 heterocycles. The first-order chi connectivity index (χ1) is 10.8. The molecule has 1 atom stereocenters. The van der Waals surface area contributed by atoms with Crippen LogP contribution in [0.5, 0.6) is 0 Å². The van der Waals surface area contributed by atoms with Crippen molar-refractivity contribution in [3.05, 3.63) is 28.6 Å². The van der Waals surface area contributed by atoms with E-state index in [2.05, 4.69) is 31.8 Å². The first-order valence-electron chi connectivity index (χ1n) is 8.49. The van der Waals surface area contributed by atoms with Crippen molar-refractivity contribution in [2.75, 3.05) is 6.61 Å². The van der Waals surface area contributed by atoms with E-state index in [1.165, 1.54) is 17.7 Å². The van der Waals surface area contributed by atoms with Gasteiger partial charge in [0.1, 0.15) is 5.69 Å². The fourth-order valence-electron chi connectivity index (χ4n) is 3.54. The zero-order chi connectivity index (χ0) is 16.8. The third-order valence-electron chi connectivity index (χ3n) is 5.08.